The van der Waals surface area contributed by atoms with Crippen molar-refractivity contribution in [2.45, 2.75) is 18.5 Å². The maximum Gasteiger partial charge on any atom is 0.416 e. The van der Waals surface area contributed by atoms with Crippen LogP contribution < -0.4 is 0 Å². The smallest absolute Gasteiger partial charge is 0.289 e. The van der Waals surface area contributed by atoms with Crippen molar-refractivity contribution in [3.63, 3.8) is 0 Å². The van der Waals surface area contributed by atoms with E-state index in [0.717, 1.165) is 0 Å². The second kappa shape index (κ2) is 5.65. The van der Waals surface area contributed by atoms with Gasteiger partial charge in [-0.15, -0.1) is 0 Å². The van der Waals surface area contributed by atoms with Gasteiger partial charge < -0.3 is 0 Å². The average molecular weight is 336 g/mol. The standard InChI is InChI=1S/C12H5F9O/c13-10(14,15)2-1-9(22)6-3-7(11(16,17)18)5-8(4-6)12(19,20)21/h1-5H/b2-1+. The van der Waals surface area contributed by atoms with Crippen LogP contribution in [0.1, 0.15) is 21.5 Å². The normalized spacial score (nSPS) is 13.7. The molecule has 0 unspecified atom stereocenters. The highest BCUT2D eigenvalue weighted by Crippen LogP contribution is 2.36. The van der Waals surface area contributed by atoms with E-state index in [2.05, 4.69) is 0 Å². The van der Waals surface area contributed by atoms with Gasteiger partial charge in [-0.2, -0.15) is 39.5 Å². The summed E-state index contributed by atoms with van der Waals surface area (Å²) < 4.78 is 111. The number of carbonyl (C=O) groups excluding carboxylic acids is 1. The lowest BCUT2D eigenvalue weighted by Crippen LogP contribution is -2.13. The molecule has 10 heteroatoms. The molecular formula is C12H5F9O. The highest BCUT2D eigenvalue weighted by molar-refractivity contribution is 6.04. The first-order valence-corrected chi connectivity index (χ1v) is 5.30. The molecule has 0 aromatic heterocycles. The number of allylic oxidation sites excluding steroid dienone is 2. The van der Waals surface area contributed by atoms with Gasteiger partial charge in [0.2, 0.25) is 0 Å². The largest absolute Gasteiger partial charge is 0.416 e. The molecular weight excluding hydrogens is 331 g/mol. The van der Waals surface area contributed by atoms with Crippen LogP contribution in [0.25, 0.3) is 0 Å². The number of ketones is 1. The van der Waals surface area contributed by atoms with E-state index >= 15 is 0 Å². The van der Waals surface area contributed by atoms with Crippen LogP contribution in [0.2, 0.25) is 0 Å². The summed E-state index contributed by atoms with van der Waals surface area (Å²) in [7, 11) is 0. The number of rotatable bonds is 2. The fourth-order valence-corrected chi connectivity index (χ4v) is 1.36. The maximum absolute atomic E-state index is 12.5. The van der Waals surface area contributed by atoms with Gasteiger partial charge in [0, 0.05) is 11.6 Å². The third-order valence-corrected chi connectivity index (χ3v) is 2.30. The first-order chi connectivity index (χ1) is 9.70. The van der Waals surface area contributed by atoms with Crippen LogP contribution in [-0.4, -0.2) is 12.0 Å². The van der Waals surface area contributed by atoms with E-state index in [1.165, 1.54) is 0 Å². The fraction of sp³-hybridized carbons (Fsp3) is 0.250. The molecule has 0 aliphatic heterocycles. The van der Waals surface area contributed by atoms with Gasteiger partial charge in [-0.1, -0.05) is 0 Å². The molecule has 0 bridgehead atoms. The molecule has 1 aromatic carbocycles. The van der Waals surface area contributed by atoms with Crippen molar-refractivity contribution in [2.24, 2.45) is 0 Å². The monoisotopic (exact) mass is 336 g/mol. The quantitative estimate of drug-likeness (QED) is 0.421. The van der Waals surface area contributed by atoms with Crippen molar-refractivity contribution in [1.82, 2.24) is 0 Å². The number of alkyl halides is 9. The van der Waals surface area contributed by atoms with Crippen molar-refractivity contribution >= 4 is 5.78 Å². The predicted molar refractivity (Wildman–Crippen MR) is 56.0 cm³/mol. The van der Waals surface area contributed by atoms with Gasteiger partial charge in [0.15, 0.2) is 5.78 Å². The van der Waals surface area contributed by atoms with Crippen LogP contribution in [0.3, 0.4) is 0 Å². The summed E-state index contributed by atoms with van der Waals surface area (Å²) in [5, 5.41) is 0. The molecule has 22 heavy (non-hydrogen) atoms. The summed E-state index contributed by atoms with van der Waals surface area (Å²) >= 11 is 0. The molecule has 0 amide bonds. The number of hydrogen-bond donors (Lipinski definition) is 0. The molecule has 1 aromatic rings. The predicted octanol–water partition coefficient (Wildman–Crippen LogP) is 5.03. The number of halogens is 9. The third kappa shape index (κ3) is 5.08. The molecule has 0 spiro atoms. The Balaban J connectivity index is 3.36. The van der Waals surface area contributed by atoms with Crippen molar-refractivity contribution in [1.29, 1.82) is 0 Å². The Labute approximate surface area is 117 Å². The fourth-order valence-electron chi connectivity index (χ4n) is 1.36. The van der Waals surface area contributed by atoms with Crippen LogP contribution in [0, 0.1) is 0 Å². The maximum atomic E-state index is 12.5. The van der Waals surface area contributed by atoms with E-state index in [0.29, 0.717) is 0 Å². The van der Waals surface area contributed by atoms with E-state index in [-0.39, 0.29) is 24.3 Å². The molecule has 0 aliphatic rings. The van der Waals surface area contributed by atoms with E-state index < -0.39 is 47.1 Å². The Morgan fingerprint density at radius 2 is 1.18 bits per heavy atom. The molecule has 0 N–H and O–H groups in total. The Morgan fingerprint density at radius 3 is 1.50 bits per heavy atom. The lowest BCUT2D eigenvalue weighted by molar-refractivity contribution is -0.143. The lowest BCUT2D eigenvalue weighted by Gasteiger charge is -2.13. The van der Waals surface area contributed by atoms with Gasteiger partial charge in [0.25, 0.3) is 0 Å². The van der Waals surface area contributed by atoms with Crippen LogP contribution >= 0.6 is 0 Å². The zero-order chi connectivity index (χ0) is 17.3. The number of carbonyl (C=O) groups is 1. The van der Waals surface area contributed by atoms with Crippen LogP contribution in [0.15, 0.2) is 30.4 Å². The molecule has 0 saturated heterocycles. The molecule has 0 heterocycles. The summed E-state index contributed by atoms with van der Waals surface area (Å²) in [6.07, 6.45) is -16.0. The molecule has 0 aliphatic carbocycles. The minimum atomic E-state index is -5.19. The van der Waals surface area contributed by atoms with Crippen molar-refractivity contribution in [2.75, 3.05) is 0 Å². The summed E-state index contributed by atoms with van der Waals surface area (Å²) in [6, 6.07) is -0.124. The highest BCUT2D eigenvalue weighted by atomic mass is 19.4. The Kier molecular flexibility index (Phi) is 4.64. The summed E-state index contributed by atoms with van der Waals surface area (Å²) in [6.45, 7) is 0. The Morgan fingerprint density at radius 1 is 0.773 bits per heavy atom. The van der Waals surface area contributed by atoms with Crippen LogP contribution in [0.5, 0.6) is 0 Å². The first kappa shape index (κ1) is 18.1. The molecule has 122 valence electrons. The van der Waals surface area contributed by atoms with E-state index in [9.17, 15) is 44.3 Å². The lowest BCUT2D eigenvalue weighted by atomic mass is 10.0. The SMILES string of the molecule is O=C(/C=C/C(F)(F)F)c1cc(C(F)(F)F)cc(C(F)(F)F)c1. The van der Waals surface area contributed by atoms with E-state index in [1.54, 1.807) is 0 Å². The van der Waals surface area contributed by atoms with Gasteiger partial charge in [0.1, 0.15) is 0 Å². The van der Waals surface area contributed by atoms with Gasteiger partial charge in [-0.05, 0) is 24.3 Å². The van der Waals surface area contributed by atoms with E-state index in [1.807, 2.05) is 0 Å². The molecule has 1 nitrogen and oxygen atoms in total. The van der Waals surface area contributed by atoms with Crippen LogP contribution in [0.4, 0.5) is 39.5 Å². The molecule has 0 atom stereocenters. The zero-order valence-electron chi connectivity index (χ0n) is 10.2. The van der Waals surface area contributed by atoms with Gasteiger partial charge in [-0.3, -0.25) is 4.79 Å². The third-order valence-electron chi connectivity index (χ3n) is 2.30. The molecule has 0 saturated carbocycles. The number of hydrogen-bond acceptors (Lipinski definition) is 1. The highest BCUT2D eigenvalue weighted by Gasteiger charge is 2.37. The molecule has 1 rings (SSSR count). The van der Waals surface area contributed by atoms with Crippen molar-refractivity contribution in [3.05, 3.63) is 47.0 Å². The van der Waals surface area contributed by atoms with Gasteiger partial charge in [-0.25, -0.2) is 0 Å². The van der Waals surface area contributed by atoms with Gasteiger partial charge in [0.05, 0.1) is 11.1 Å². The molecule has 0 radical (unpaired) electrons. The minimum absolute atomic E-state index is 0.0539. The second-order valence-corrected chi connectivity index (χ2v) is 4.03. The Hall–Kier alpha value is -2.00. The first-order valence-electron chi connectivity index (χ1n) is 5.30. The Bertz CT molecular complexity index is 558. The van der Waals surface area contributed by atoms with E-state index in [4.69, 9.17) is 0 Å². The second-order valence-electron chi connectivity index (χ2n) is 4.03. The van der Waals surface area contributed by atoms with Crippen LogP contribution in [-0.2, 0) is 12.4 Å². The molecule has 0 fully saturated rings. The minimum Gasteiger partial charge on any atom is -0.289 e. The van der Waals surface area contributed by atoms with Crippen molar-refractivity contribution in [3.8, 4) is 0 Å². The zero-order valence-corrected chi connectivity index (χ0v) is 10.2. The summed E-state index contributed by atoms with van der Waals surface area (Å²) in [5.74, 6) is -1.63. The van der Waals surface area contributed by atoms with Crippen molar-refractivity contribution < 1.29 is 44.3 Å². The van der Waals surface area contributed by atoms with Gasteiger partial charge >= 0.3 is 18.5 Å². The average Bonchev–Trinajstić information content (AvgIpc) is 2.32. The summed E-state index contributed by atoms with van der Waals surface area (Å²) in [5.41, 5.74) is -4.72. The summed E-state index contributed by atoms with van der Waals surface area (Å²) in [4.78, 5) is 11.3. The number of benzene rings is 1. The topological polar surface area (TPSA) is 17.1 Å².